The van der Waals surface area contributed by atoms with Gasteiger partial charge in [0.25, 0.3) is 0 Å². The van der Waals surface area contributed by atoms with Gasteiger partial charge in [-0.05, 0) is 137 Å². The van der Waals surface area contributed by atoms with Crippen molar-refractivity contribution in [2.75, 3.05) is 4.90 Å². The van der Waals surface area contributed by atoms with Gasteiger partial charge >= 0.3 is 0 Å². The lowest BCUT2D eigenvalue weighted by Gasteiger charge is -2.26. The number of fused-ring (bicyclic) bond motifs is 7. The molecule has 1 heterocycles. The lowest BCUT2D eigenvalue weighted by molar-refractivity contribution is 0.669. The monoisotopic (exact) mass is 789 g/mol. The van der Waals surface area contributed by atoms with Crippen LogP contribution in [0.15, 0.2) is 241 Å². The van der Waals surface area contributed by atoms with E-state index < -0.39 is 0 Å². The molecule has 0 saturated carbocycles. The number of hydrogen-bond acceptors (Lipinski definition) is 2. The van der Waals surface area contributed by atoms with Gasteiger partial charge in [0, 0.05) is 27.8 Å². The molecule has 2 nitrogen and oxygen atoms in total. The van der Waals surface area contributed by atoms with Gasteiger partial charge < -0.3 is 9.32 Å². The van der Waals surface area contributed by atoms with Gasteiger partial charge in [0.15, 0.2) is 0 Å². The zero-order valence-corrected chi connectivity index (χ0v) is 33.9. The minimum atomic E-state index is 0.893. The lowest BCUT2D eigenvalue weighted by atomic mass is 9.97. The van der Waals surface area contributed by atoms with E-state index in [1.807, 2.05) is 12.1 Å². The molecule has 12 rings (SSSR count). The normalized spacial score (nSPS) is 11.5. The molecule has 2 heteroatoms. The van der Waals surface area contributed by atoms with Crippen LogP contribution in [0, 0.1) is 0 Å². The Hall–Kier alpha value is -8.20. The highest BCUT2D eigenvalue weighted by molar-refractivity contribution is 6.13. The SMILES string of the molecule is c1cc(-c2cccc3oc4ccccc4c23)cc(N(c2ccc(-c3ccc(-c4ccc5ccccc5c4)cc3)cc2)c2ccc(-c3ccc4ccc5ccccc5c4c3)cc2)c1. The average molecular weight is 790 g/mol. The van der Waals surface area contributed by atoms with Crippen LogP contribution in [0.2, 0.25) is 0 Å². The van der Waals surface area contributed by atoms with E-state index in [1.54, 1.807) is 0 Å². The fourth-order valence-corrected chi connectivity index (χ4v) is 9.29. The molecule has 0 spiro atoms. The Labute approximate surface area is 360 Å². The molecular weight excluding hydrogens is 751 g/mol. The van der Waals surface area contributed by atoms with Crippen molar-refractivity contribution in [3.63, 3.8) is 0 Å². The van der Waals surface area contributed by atoms with Gasteiger partial charge in [0.05, 0.1) is 0 Å². The zero-order valence-electron chi connectivity index (χ0n) is 33.9. The second-order valence-corrected chi connectivity index (χ2v) is 16.1. The number of hydrogen-bond donors (Lipinski definition) is 0. The third kappa shape index (κ3) is 6.29. The molecule has 1 aromatic heterocycles. The molecule has 0 fully saturated rings. The summed E-state index contributed by atoms with van der Waals surface area (Å²) in [4.78, 5) is 2.36. The summed E-state index contributed by atoms with van der Waals surface area (Å²) in [7, 11) is 0. The summed E-state index contributed by atoms with van der Waals surface area (Å²) < 4.78 is 6.30. The Morgan fingerprint density at radius 2 is 0.758 bits per heavy atom. The smallest absolute Gasteiger partial charge is 0.136 e. The van der Waals surface area contributed by atoms with Crippen molar-refractivity contribution >= 4 is 71.3 Å². The van der Waals surface area contributed by atoms with E-state index in [-0.39, 0.29) is 0 Å². The van der Waals surface area contributed by atoms with Crippen molar-refractivity contribution in [2.24, 2.45) is 0 Å². The minimum absolute atomic E-state index is 0.893. The highest BCUT2D eigenvalue weighted by Gasteiger charge is 2.17. The van der Waals surface area contributed by atoms with Crippen LogP contribution < -0.4 is 4.90 Å². The highest BCUT2D eigenvalue weighted by atomic mass is 16.3. The third-order valence-corrected chi connectivity index (χ3v) is 12.4. The molecule has 62 heavy (non-hydrogen) atoms. The van der Waals surface area contributed by atoms with E-state index >= 15 is 0 Å². The van der Waals surface area contributed by atoms with E-state index in [2.05, 4.69) is 229 Å². The van der Waals surface area contributed by atoms with Crippen LogP contribution in [0.1, 0.15) is 0 Å². The lowest BCUT2D eigenvalue weighted by Crippen LogP contribution is -2.10. The van der Waals surface area contributed by atoms with Crippen LogP contribution in [0.25, 0.3) is 98.8 Å². The predicted molar refractivity (Wildman–Crippen MR) is 263 cm³/mol. The summed E-state index contributed by atoms with van der Waals surface area (Å²) in [6, 6.07) is 85.5. The first-order valence-electron chi connectivity index (χ1n) is 21.2. The fraction of sp³-hybridized carbons (Fsp3) is 0. The maximum absolute atomic E-state index is 6.30. The molecule has 0 saturated heterocycles. The first kappa shape index (κ1) is 35.7. The first-order valence-corrected chi connectivity index (χ1v) is 21.2. The van der Waals surface area contributed by atoms with Crippen molar-refractivity contribution in [1.29, 1.82) is 0 Å². The Morgan fingerprint density at radius 3 is 1.48 bits per heavy atom. The molecule has 11 aromatic carbocycles. The molecule has 0 aliphatic rings. The molecular formula is C60H39NO. The number of para-hydroxylation sites is 1. The topological polar surface area (TPSA) is 16.4 Å². The average Bonchev–Trinajstić information content (AvgIpc) is 3.73. The Balaban J connectivity index is 0.927. The van der Waals surface area contributed by atoms with Crippen LogP contribution in [0.3, 0.4) is 0 Å². The van der Waals surface area contributed by atoms with Crippen molar-refractivity contribution in [1.82, 2.24) is 0 Å². The Kier molecular flexibility index (Phi) is 8.53. The Bertz CT molecular complexity index is 3620. The number of anilines is 3. The molecule has 12 aromatic rings. The van der Waals surface area contributed by atoms with Crippen molar-refractivity contribution in [3.8, 4) is 44.5 Å². The molecule has 0 N–H and O–H groups in total. The van der Waals surface area contributed by atoms with Crippen LogP contribution in [-0.2, 0) is 0 Å². The quantitative estimate of drug-likeness (QED) is 0.150. The van der Waals surface area contributed by atoms with E-state index in [9.17, 15) is 0 Å². The molecule has 0 bridgehead atoms. The third-order valence-electron chi connectivity index (χ3n) is 12.4. The van der Waals surface area contributed by atoms with Gasteiger partial charge in [-0.15, -0.1) is 0 Å². The van der Waals surface area contributed by atoms with E-state index in [0.29, 0.717) is 0 Å². The highest BCUT2D eigenvalue weighted by Crippen LogP contribution is 2.42. The first-order chi connectivity index (χ1) is 30.7. The minimum Gasteiger partial charge on any atom is -0.456 e. The van der Waals surface area contributed by atoms with E-state index in [1.165, 1.54) is 65.7 Å². The van der Waals surface area contributed by atoms with Gasteiger partial charge in [-0.3, -0.25) is 0 Å². The summed E-state index contributed by atoms with van der Waals surface area (Å²) in [6.07, 6.45) is 0. The molecule has 290 valence electrons. The molecule has 0 unspecified atom stereocenters. The molecule has 0 amide bonds. The van der Waals surface area contributed by atoms with Gasteiger partial charge in [0.2, 0.25) is 0 Å². The number of furan rings is 1. The Morgan fingerprint density at radius 1 is 0.258 bits per heavy atom. The van der Waals surface area contributed by atoms with E-state index in [4.69, 9.17) is 4.42 Å². The van der Waals surface area contributed by atoms with Gasteiger partial charge in [-0.2, -0.15) is 0 Å². The zero-order chi connectivity index (χ0) is 41.0. The van der Waals surface area contributed by atoms with Crippen molar-refractivity contribution in [3.05, 3.63) is 237 Å². The van der Waals surface area contributed by atoms with Crippen LogP contribution in [-0.4, -0.2) is 0 Å². The van der Waals surface area contributed by atoms with E-state index in [0.717, 1.165) is 50.1 Å². The number of benzene rings is 11. The number of nitrogens with zero attached hydrogens (tertiary/aromatic N) is 1. The standard InChI is InChI=1S/C60H39NO/c1-2-11-47-37-48(27-23-40(47)9-1)43-21-19-41(20-22-43)42-29-33-51(34-30-42)61(53-13-7-12-50(38-53)55-16-8-18-59-60(55)56-15-5-6-17-58(56)62-59)52-35-31-44(32-36-52)49-28-26-46-25-24-45-10-3-4-14-54(45)57(46)39-49/h1-39H. The predicted octanol–water partition coefficient (Wildman–Crippen LogP) is 17.2. The molecule has 0 aliphatic carbocycles. The fourth-order valence-electron chi connectivity index (χ4n) is 9.29. The van der Waals surface area contributed by atoms with Crippen LogP contribution in [0.4, 0.5) is 17.1 Å². The summed E-state index contributed by atoms with van der Waals surface area (Å²) in [6.45, 7) is 0. The molecule has 0 aliphatic heterocycles. The summed E-state index contributed by atoms with van der Waals surface area (Å²) in [5.41, 5.74) is 14.5. The maximum atomic E-state index is 6.30. The van der Waals surface area contributed by atoms with Crippen LogP contribution in [0.5, 0.6) is 0 Å². The molecule has 0 atom stereocenters. The largest absolute Gasteiger partial charge is 0.456 e. The summed E-state index contributed by atoms with van der Waals surface area (Å²) in [5, 5.41) is 9.82. The second-order valence-electron chi connectivity index (χ2n) is 16.1. The van der Waals surface area contributed by atoms with Crippen LogP contribution >= 0.6 is 0 Å². The van der Waals surface area contributed by atoms with Crippen molar-refractivity contribution < 1.29 is 4.42 Å². The van der Waals surface area contributed by atoms with Gasteiger partial charge in [-0.25, -0.2) is 0 Å². The van der Waals surface area contributed by atoms with Gasteiger partial charge in [-0.1, -0.05) is 176 Å². The van der Waals surface area contributed by atoms with Gasteiger partial charge in [0.1, 0.15) is 11.2 Å². The number of rotatable bonds is 7. The van der Waals surface area contributed by atoms with Crippen molar-refractivity contribution in [2.45, 2.75) is 0 Å². The molecule has 0 radical (unpaired) electrons. The summed E-state index contributed by atoms with van der Waals surface area (Å²) in [5.74, 6) is 0. The maximum Gasteiger partial charge on any atom is 0.136 e. The summed E-state index contributed by atoms with van der Waals surface area (Å²) >= 11 is 0. The second kappa shape index (κ2) is 14.8.